The minimum Gasteiger partial charge on any atom is -0.453 e. The lowest BCUT2D eigenvalue weighted by atomic mass is 10.1. The van der Waals surface area contributed by atoms with E-state index in [2.05, 4.69) is 38.1 Å². The van der Waals surface area contributed by atoms with Gasteiger partial charge in [0.1, 0.15) is 11.5 Å². The highest BCUT2D eigenvalue weighted by Crippen LogP contribution is 2.37. The average molecular weight is 332 g/mol. The zero-order chi connectivity index (χ0) is 17.6. The normalized spacial score (nSPS) is 10.5. The fourth-order valence-electron chi connectivity index (χ4n) is 2.67. The third kappa shape index (κ3) is 4.21. The average Bonchev–Trinajstić information content (AvgIpc) is 2.66. The molecule has 3 rings (SSSR count). The first-order valence-corrected chi connectivity index (χ1v) is 8.82. The van der Waals surface area contributed by atoms with Crippen molar-refractivity contribution in [2.75, 3.05) is 0 Å². The number of para-hydroxylation sites is 1. The SMILES string of the molecule is CCc1ccc(Oc2cccc(C)c2Oc2ccc(CC)cc2)cc1. The highest BCUT2D eigenvalue weighted by atomic mass is 16.5. The second-order valence-corrected chi connectivity index (χ2v) is 6.10. The molecule has 2 heteroatoms. The number of benzene rings is 3. The summed E-state index contributed by atoms with van der Waals surface area (Å²) in [5, 5.41) is 0. The van der Waals surface area contributed by atoms with Gasteiger partial charge in [0, 0.05) is 0 Å². The molecule has 0 heterocycles. The summed E-state index contributed by atoms with van der Waals surface area (Å²) >= 11 is 0. The van der Waals surface area contributed by atoms with Crippen LogP contribution in [0.4, 0.5) is 0 Å². The third-order valence-corrected chi connectivity index (χ3v) is 4.29. The fraction of sp³-hybridized carbons (Fsp3) is 0.217. The van der Waals surface area contributed by atoms with Gasteiger partial charge >= 0.3 is 0 Å². The van der Waals surface area contributed by atoms with Gasteiger partial charge in [-0.25, -0.2) is 0 Å². The van der Waals surface area contributed by atoms with E-state index in [0.29, 0.717) is 0 Å². The van der Waals surface area contributed by atoms with Gasteiger partial charge in [-0.1, -0.05) is 50.2 Å². The van der Waals surface area contributed by atoms with Gasteiger partial charge in [0.15, 0.2) is 11.5 Å². The number of hydrogen-bond donors (Lipinski definition) is 0. The molecular weight excluding hydrogens is 308 g/mol. The molecule has 0 amide bonds. The zero-order valence-corrected chi connectivity index (χ0v) is 15.1. The predicted molar refractivity (Wildman–Crippen MR) is 103 cm³/mol. The molecule has 0 spiro atoms. The molecule has 0 fully saturated rings. The minimum atomic E-state index is 0.726. The highest BCUT2D eigenvalue weighted by molar-refractivity contribution is 5.50. The molecule has 3 aromatic carbocycles. The summed E-state index contributed by atoms with van der Waals surface area (Å²) in [6.45, 7) is 6.32. The number of aryl methyl sites for hydroxylation is 3. The largest absolute Gasteiger partial charge is 0.453 e. The lowest BCUT2D eigenvalue weighted by molar-refractivity contribution is 0.416. The van der Waals surface area contributed by atoms with E-state index in [9.17, 15) is 0 Å². The Labute approximate surface area is 150 Å². The maximum atomic E-state index is 6.13. The molecule has 0 atom stereocenters. The standard InChI is InChI=1S/C23H24O2/c1-4-18-9-13-20(14-10-18)24-22-8-6-7-17(3)23(22)25-21-15-11-19(5-2)12-16-21/h6-16H,4-5H2,1-3H3. The van der Waals surface area contributed by atoms with Crippen LogP contribution in [0.2, 0.25) is 0 Å². The Kier molecular flexibility index (Phi) is 5.39. The second-order valence-electron chi connectivity index (χ2n) is 6.10. The molecule has 0 aliphatic rings. The summed E-state index contributed by atoms with van der Waals surface area (Å²) in [7, 11) is 0. The Morgan fingerprint density at radius 1 is 0.640 bits per heavy atom. The second kappa shape index (κ2) is 7.89. The molecule has 2 nitrogen and oxygen atoms in total. The molecule has 0 aromatic heterocycles. The van der Waals surface area contributed by atoms with E-state index in [-0.39, 0.29) is 0 Å². The molecule has 0 saturated carbocycles. The number of hydrogen-bond acceptors (Lipinski definition) is 2. The number of rotatable bonds is 6. The predicted octanol–water partition coefficient (Wildman–Crippen LogP) is 6.70. The molecule has 128 valence electrons. The van der Waals surface area contributed by atoms with E-state index in [0.717, 1.165) is 41.4 Å². The first-order valence-electron chi connectivity index (χ1n) is 8.82. The van der Waals surface area contributed by atoms with Gasteiger partial charge in [-0.2, -0.15) is 0 Å². The first kappa shape index (κ1) is 17.1. The van der Waals surface area contributed by atoms with Crippen LogP contribution < -0.4 is 9.47 Å². The van der Waals surface area contributed by atoms with E-state index >= 15 is 0 Å². The van der Waals surface area contributed by atoms with Crippen molar-refractivity contribution >= 4 is 0 Å². The van der Waals surface area contributed by atoms with Crippen LogP contribution in [0.1, 0.15) is 30.5 Å². The molecule has 0 radical (unpaired) electrons. The number of ether oxygens (including phenoxy) is 2. The van der Waals surface area contributed by atoms with Gasteiger partial charge in [0.05, 0.1) is 0 Å². The summed E-state index contributed by atoms with van der Waals surface area (Å²) in [5.74, 6) is 3.11. The van der Waals surface area contributed by atoms with Gasteiger partial charge in [-0.05, 0) is 66.8 Å². The van der Waals surface area contributed by atoms with Crippen molar-refractivity contribution in [1.82, 2.24) is 0 Å². The molecule has 3 aromatic rings. The molecule has 0 unspecified atom stereocenters. The van der Waals surface area contributed by atoms with Gasteiger partial charge in [0.25, 0.3) is 0 Å². The summed E-state index contributed by atoms with van der Waals surface area (Å²) in [6.07, 6.45) is 2.04. The lowest BCUT2D eigenvalue weighted by Crippen LogP contribution is -1.93. The Balaban J connectivity index is 1.85. The summed E-state index contributed by atoms with van der Waals surface area (Å²) in [5.41, 5.74) is 3.64. The maximum absolute atomic E-state index is 6.13. The topological polar surface area (TPSA) is 18.5 Å². The summed E-state index contributed by atoms with van der Waals surface area (Å²) in [4.78, 5) is 0. The van der Waals surface area contributed by atoms with E-state index in [1.54, 1.807) is 0 Å². The first-order chi connectivity index (χ1) is 12.2. The van der Waals surface area contributed by atoms with Crippen molar-refractivity contribution in [1.29, 1.82) is 0 Å². The van der Waals surface area contributed by atoms with Crippen molar-refractivity contribution in [3.63, 3.8) is 0 Å². The lowest BCUT2D eigenvalue weighted by Gasteiger charge is -2.15. The molecular formula is C23H24O2. The highest BCUT2D eigenvalue weighted by Gasteiger charge is 2.11. The van der Waals surface area contributed by atoms with Crippen molar-refractivity contribution in [3.8, 4) is 23.0 Å². The Morgan fingerprint density at radius 3 is 1.68 bits per heavy atom. The Morgan fingerprint density at radius 2 is 1.16 bits per heavy atom. The maximum Gasteiger partial charge on any atom is 0.172 e. The minimum absolute atomic E-state index is 0.726. The molecule has 0 aliphatic heterocycles. The smallest absolute Gasteiger partial charge is 0.172 e. The molecule has 0 aliphatic carbocycles. The van der Waals surface area contributed by atoms with Gasteiger partial charge in [0.2, 0.25) is 0 Å². The van der Waals surface area contributed by atoms with Crippen LogP contribution in [-0.4, -0.2) is 0 Å². The van der Waals surface area contributed by atoms with Crippen LogP contribution in [-0.2, 0) is 12.8 Å². The summed E-state index contributed by atoms with van der Waals surface area (Å²) < 4.78 is 12.2. The molecule has 25 heavy (non-hydrogen) atoms. The van der Waals surface area contributed by atoms with Gasteiger partial charge in [-0.3, -0.25) is 0 Å². The van der Waals surface area contributed by atoms with Crippen LogP contribution in [0.25, 0.3) is 0 Å². The Bertz CT molecular complexity index is 818. The van der Waals surface area contributed by atoms with E-state index in [4.69, 9.17) is 9.47 Å². The van der Waals surface area contributed by atoms with Crippen molar-refractivity contribution in [2.24, 2.45) is 0 Å². The quantitative estimate of drug-likeness (QED) is 0.500. The van der Waals surface area contributed by atoms with E-state index in [1.165, 1.54) is 11.1 Å². The van der Waals surface area contributed by atoms with Crippen molar-refractivity contribution in [3.05, 3.63) is 83.4 Å². The van der Waals surface area contributed by atoms with Gasteiger partial charge < -0.3 is 9.47 Å². The molecule has 0 bridgehead atoms. The van der Waals surface area contributed by atoms with Crippen molar-refractivity contribution in [2.45, 2.75) is 33.6 Å². The molecule has 0 N–H and O–H groups in total. The monoisotopic (exact) mass is 332 g/mol. The zero-order valence-electron chi connectivity index (χ0n) is 15.1. The summed E-state index contributed by atoms with van der Waals surface area (Å²) in [6, 6.07) is 22.3. The third-order valence-electron chi connectivity index (χ3n) is 4.29. The van der Waals surface area contributed by atoms with Crippen LogP contribution in [0.5, 0.6) is 23.0 Å². The fourth-order valence-corrected chi connectivity index (χ4v) is 2.67. The van der Waals surface area contributed by atoms with Crippen LogP contribution in [0.3, 0.4) is 0 Å². The van der Waals surface area contributed by atoms with Crippen LogP contribution in [0.15, 0.2) is 66.7 Å². The van der Waals surface area contributed by atoms with Crippen LogP contribution >= 0.6 is 0 Å². The van der Waals surface area contributed by atoms with Gasteiger partial charge in [-0.15, -0.1) is 0 Å². The van der Waals surface area contributed by atoms with E-state index in [1.807, 2.05) is 49.4 Å². The van der Waals surface area contributed by atoms with Crippen molar-refractivity contribution < 1.29 is 9.47 Å². The van der Waals surface area contributed by atoms with E-state index < -0.39 is 0 Å². The Hall–Kier alpha value is -2.74. The van der Waals surface area contributed by atoms with Crippen LogP contribution in [0, 0.1) is 6.92 Å². The molecule has 0 saturated heterocycles.